The van der Waals surface area contributed by atoms with Gasteiger partial charge in [0.1, 0.15) is 18.6 Å². The van der Waals surface area contributed by atoms with Crippen LogP contribution in [0.25, 0.3) is 0 Å². The third kappa shape index (κ3) is 3.71. The lowest BCUT2D eigenvalue weighted by molar-refractivity contribution is 0.289. The van der Waals surface area contributed by atoms with E-state index in [9.17, 15) is 4.79 Å². The van der Waals surface area contributed by atoms with Gasteiger partial charge in [0, 0.05) is 28.4 Å². The number of rotatable bonds is 5. The third-order valence-electron chi connectivity index (χ3n) is 4.87. The van der Waals surface area contributed by atoms with Gasteiger partial charge in [0.2, 0.25) is 11.2 Å². The van der Waals surface area contributed by atoms with Crippen molar-refractivity contribution in [1.29, 1.82) is 0 Å². The Hall–Kier alpha value is -2.72. The first-order chi connectivity index (χ1) is 13.1. The lowest BCUT2D eigenvalue weighted by atomic mass is 10.1. The minimum Gasteiger partial charge on any atom is -0.482 e. The quantitative estimate of drug-likeness (QED) is 0.635. The number of para-hydroxylation sites is 1. The lowest BCUT2D eigenvalue weighted by Gasteiger charge is -2.24. The van der Waals surface area contributed by atoms with E-state index in [2.05, 4.69) is 30.0 Å². The molecule has 1 aromatic heterocycles. The molecule has 5 heteroatoms. The van der Waals surface area contributed by atoms with E-state index in [-0.39, 0.29) is 17.8 Å². The van der Waals surface area contributed by atoms with Crippen LogP contribution in [0.15, 0.2) is 70.1 Å². The predicted octanol–water partition coefficient (Wildman–Crippen LogP) is 4.82. The highest BCUT2D eigenvalue weighted by Crippen LogP contribution is 2.33. The molecule has 0 N–H and O–H groups in total. The molecular weight excluding hydrogens is 362 g/mol. The molecule has 0 saturated carbocycles. The zero-order chi connectivity index (χ0) is 18.8. The monoisotopic (exact) mass is 381 g/mol. The molecule has 2 heterocycles. The molecule has 0 unspecified atom stereocenters. The van der Waals surface area contributed by atoms with Crippen LogP contribution in [0.4, 0.5) is 5.69 Å². The molecule has 0 bridgehead atoms. The van der Waals surface area contributed by atoms with Gasteiger partial charge < -0.3 is 14.1 Å². The van der Waals surface area contributed by atoms with E-state index in [0.29, 0.717) is 23.4 Å². The van der Waals surface area contributed by atoms with Crippen LogP contribution in [-0.4, -0.2) is 6.04 Å². The van der Waals surface area contributed by atoms with E-state index >= 15 is 0 Å². The first-order valence-corrected chi connectivity index (χ1v) is 9.32. The molecule has 1 atom stereocenters. The average molecular weight is 382 g/mol. The summed E-state index contributed by atoms with van der Waals surface area (Å²) in [6, 6.07) is 17.6. The molecule has 0 fully saturated rings. The van der Waals surface area contributed by atoms with Crippen molar-refractivity contribution >= 4 is 17.3 Å². The van der Waals surface area contributed by atoms with Gasteiger partial charge in [-0.3, -0.25) is 4.79 Å². The molecule has 3 aromatic rings. The average Bonchev–Trinajstić information content (AvgIpc) is 2.98. The summed E-state index contributed by atoms with van der Waals surface area (Å²) in [4.78, 5) is 14.7. The summed E-state index contributed by atoms with van der Waals surface area (Å²) in [6.07, 6.45) is 2.39. The maximum absolute atomic E-state index is 12.4. The molecule has 0 spiro atoms. The lowest BCUT2D eigenvalue weighted by Crippen LogP contribution is -2.29. The molecule has 27 heavy (non-hydrogen) atoms. The summed E-state index contributed by atoms with van der Waals surface area (Å²) in [5.41, 5.74) is 3.16. The molecule has 0 saturated heterocycles. The van der Waals surface area contributed by atoms with Gasteiger partial charge >= 0.3 is 0 Å². The minimum atomic E-state index is -0.191. The Labute approximate surface area is 163 Å². The number of nitrogens with zero attached hydrogens (tertiary/aromatic N) is 1. The highest BCUT2D eigenvalue weighted by atomic mass is 35.5. The highest BCUT2D eigenvalue weighted by molar-refractivity contribution is 6.31. The van der Waals surface area contributed by atoms with Crippen molar-refractivity contribution in [1.82, 2.24) is 0 Å². The Morgan fingerprint density at radius 2 is 1.96 bits per heavy atom. The van der Waals surface area contributed by atoms with Gasteiger partial charge in [0.05, 0.1) is 6.54 Å². The van der Waals surface area contributed by atoms with Gasteiger partial charge in [-0.25, -0.2) is 0 Å². The van der Waals surface area contributed by atoms with Crippen molar-refractivity contribution in [3.05, 3.63) is 93.0 Å². The summed E-state index contributed by atoms with van der Waals surface area (Å²) in [7, 11) is 0. The topological polar surface area (TPSA) is 42.7 Å². The van der Waals surface area contributed by atoms with Crippen molar-refractivity contribution < 1.29 is 9.15 Å². The van der Waals surface area contributed by atoms with E-state index in [1.165, 1.54) is 23.6 Å². The largest absolute Gasteiger partial charge is 0.482 e. The number of ether oxygens (including phenoxy) is 1. The molecular formula is C22H20ClNO3. The van der Waals surface area contributed by atoms with Crippen molar-refractivity contribution in [3.8, 4) is 5.75 Å². The first kappa shape index (κ1) is 17.7. The van der Waals surface area contributed by atoms with E-state index in [0.717, 1.165) is 12.0 Å². The van der Waals surface area contributed by atoms with Gasteiger partial charge in [0.25, 0.3) is 0 Å². The summed E-state index contributed by atoms with van der Waals surface area (Å²) in [6.45, 7) is 2.96. The van der Waals surface area contributed by atoms with Crippen molar-refractivity contribution in [2.45, 2.75) is 32.5 Å². The number of halogens is 1. The molecule has 2 aromatic carbocycles. The summed E-state index contributed by atoms with van der Waals surface area (Å²) in [5.74, 6) is 0.808. The maximum Gasteiger partial charge on any atom is 0.227 e. The van der Waals surface area contributed by atoms with Gasteiger partial charge in [0.15, 0.2) is 0 Å². The molecule has 1 aliphatic rings. The maximum atomic E-state index is 12.4. The normalized spacial score (nSPS) is 15.6. The Bertz CT molecular complexity index is 1010. The van der Waals surface area contributed by atoms with Gasteiger partial charge in [-0.05, 0) is 31.0 Å². The Balaban J connectivity index is 1.48. The number of benzene rings is 2. The summed E-state index contributed by atoms with van der Waals surface area (Å²) < 4.78 is 11.3. The fourth-order valence-electron chi connectivity index (χ4n) is 3.44. The number of hydrogen-bond acceptors (Lipinski definition) is 4. The second-order valence-corrected chi connectivity index (χ2v) is 7.17. The first-order valence-electron chi connectivity index (χ1n) is 8.94. The molecule has 1 aliphatic heterocycles. The highest BCUT2D eigenvalue weighted by Gasteiger charge is 2.26. The zero-order valence-corrected chi connectivity index (χ0v) is 15.8. The fourth-order valence-corrected chi connectivity index (χ4v) is 3.63. The minimum absolute atomic E-state index is 0.188. The molecule has 4 rings (SSSR count). The van der Waals surface area contributed by atoms with Gasteiger partial charge in [-0.1, -0.05) is 48.0 Å². The summed E-state index contributed by atoms with van der Waals surface area (Å²) in [5, 5.41) is 0.611. The van der Waals surface area contributed by atoms with E-state index < -0.39 is 0 Å². The smallest absolute Gasteiger partial charge is 0.227 e. The Morgan fingerprint density at radius 1 is 1.19 bits per heavy atom. The van der Waals surface area contributed by atoms with Crippen LogP contribution in [0.3, 0.4) is 0 Å². The van der Waals surface area contributed by atoms with Gasteiger partial charge in [-0.15, -0.1) is 0 Å². The van der Waals surface area contributed by atoms with Crippen LogP contribution in [0, 0.1) is 0 Å². The molecule has 0 radical (unpaired) electrons. The summed E-state index contributed by atoms with van der Waals surface area (Å²) >= 11 is 6.12. The number of fused-ring (bicyclic) bond motifs is 1. The fraction of sp³-hybridized carbons (Fsp3) is 0.227. The van der Waals surface area contributed by atoms with Crippen molar-refractivity contribution in [2.75, 3.05) is 4.90 Å². The standard InChI is InChI=1S/C22H20ClNO3/c1-15-10-16-6-3-5-9-20(16)24(15)12-18-11-21(25)22(14-26-18)27-13-17-7-2-4-8-19(17)23/h2-9,11,14-15H,10,12-13H2,1H3/t15-/m0/s1. The van der Waals surface area contributed by atoms with E-state index in [1.807, 2.05) is 24.3 Å². The molecule has 0 aliphatic carbocycles. The van der Waals surface area contributed by atoms with Crippen LogP contribution in [0.5, 0.6) is 5.75 Å². The van der Waals surface area contributed by atoms with E-state index in [1.54, 1.807) is 6.07 Å². The van der Waals surface area contributed by atoms with Crippen LogP contribution in [-0.2, 0) is 19.6 Å². The van der Waals surface area contributed by atoms with Crippen LogP contribution >= 0.6 is 11.6 Å². The van der Waals surface area contributed by atoms with Crippen LogP contribution < -0.4 is 15.1 Å². The molecule has 0 amide bonds. The van der Waals surface area contributed by atoms with Crippen LogP contribution in [0.1, 0.15) is 23.8 Å². The Morgan fingerprint density at radius 3 is 2.78 bits per heavy atom. The van der Waals surface area contributed by atoms with Crippen molar-refractivity contribution in [3.63, 3.8) is 0 Å². The third-order valence-corrected chi connectivity index (χ3v) is 5.24. The SMILES string of the molecule is C[C@H]1Cc2ccccc2N1Cc1cc(=O)c(OCc2ccccc2Cl)co1. The molecule has 4 nitrogen and oxygen atoms in total. The van der Waals surface area contributed by atoms with Crippen molar-refractivity contribution in [2.24, 2.45) is 0 Å². The predicted molar refractivity (Wildman–Crippen MR) is 107 cm³/mol. The second-order valence-electron chi connectivity index (χ2n) is 6.76. The number of hydrogen-bond donors (Lipinski definition) is 0. The van der Waals surface area contributed by atoms with Gasteiger partial charge in [-0.2, -0.15) is 0 Å². The molecule has 138 valence electrons. The zero-order valence-electron chi connectivity index (χ0n) is 15.0. The van der Waals surface area contributed by atoms with E-state index in [4.69, 9.17) is 20.8 Å². The Kier molecular flexibility index (Phi) is 4.90. The van der Waals surface area contributed by atoms with Crippen LogP contribution in [0.2, 0.25) is 5.02 Å². The second kappa shape index (κ2) is 7.49. The number of anilines is 1.